The lowest BCUT2D eigenvalue weighted by Gasteiger charge is -2.43. The van der Waals surface area contributed by atoms with Gasteiger partial charge >= 0.3 is 0 Å². The van der Waals surface area contributed by atoms with Gasteiger partial charge in [-0.25, -0.2) is 0 Å². The molecule has 1 aliphatic heterocycles. The highest BCUT2D eigenvalue weighted by molar-refractivity contribution is 9.16. The number of fused-ring (bicyclic) bond motifs is 5. The van der Waals surface area contributed by atoms with Crippen LogP contribution in [0.2, 0.25) is 0 Å². The molecule has 2 bridgehead atoms. The van der Waals surface area contributed by atoms with Gasteiger partial charge in [0.25, 0.3) is 0 Å². The van der Waals surface area contributed by atoms with Crippen molar-refractivity contribution in [3.8, 4) is 0 Å². The normalized spacial score (nSPS) is 48.0. The summed E-state index contributed by atoms with van der Waals surface area (Å²) >= 11 is 14.9. The van der Waals surface area contributed by atoms with Crippen LogP contribution in [-0.4, -0.2) is 46.7 Å². The van der Waals surface area contributed by atoms with Gasteiger partial charge in [0.1, 0.15) is 20.9 Å². The number of rotatable bonds is 2. The van der Waals surface area contributed by atoms with Crippen LogP contribution in [0.1, 0.15) is 13.8 Å². The van der Waals surface area contributed by atoms with Crippen LogP contribution in [0.5, 0.6) is 0 Å². The summed E-state index contributed by atoms with van der Waals surface area (Å²) in [6, 6.07) is 0. The highest BCUT2D eigenvalue weighted by Crippen LogP contribution is 2.74. The summed E-state index contributed by atoms with van der Waals surface area (Å²) in [5.41, 5.74) is 0. The molecule has 0 radical (unpaired) electrons. The molecule has 0 amide bonds. The lowest BCUT2D eigenvalue weighted by molar-refractivity contribution is -0.245. The van der Waals surface area contributed by atoms with E-state index in [0.29, 0.717) is 0 Å². The predicted molar refractivity (Wildman–Crippen MR) is 88.8 cm³/mol. The maximum Gasteiger partial charge on any atom is 0.213 e. The molecule has 20 heavy (non-hydrogen) atoms. The maximum atomic E-state index is 6.11. The van der Waals surface area contributed by atoms with Gasteiger partial charge in [-0.3, -0.25) is 0 Å². The first kappa shape index (κ1) is 16.4. The molecular formula is C12H14Br4O4. The minimum absolute atomic E-state index is 0.257. The Balaban J connectivity index is 2.25. The van der Waals surface area contributed by atoms with Gasteiger partial charge in [-0.2, -0.15) is 0 Å². The highest BCUT2D eigenvalue weighted by Gasteiger charge is 2.87. The second kappa shape index (κ2) is 4.53. The Morgan fingerprint density at radius 1 is 0.900 bits per heavy atom. The third-order valence-electron chi connectivity index (χ3n) is 4.25. The summed E-state index contributed by atoms with van der Waals surface area (Å²) in [4.78, 5) is 0. The van der Waals surface area contributed by atoms with Crippen LogP contribution in [0.3, 0.4) is 0 Å². The van der Waals surface area contributed by atoms with E-state index in [1.54, 1.807) is 14.2 Å². The Hall–Kier alpha value is 1.50. The molecule has 2 fully saturated rings. The Kier molecular flexibility index (Phi) is 3.70. The average Bonchev–Trinajstić information content (AvgIpc) is 2.84. The number of hydrogen-bond donors (Lipinski definition) is 0. The molecular weight excluding hydrogens is 528 g/mol. The van der Waals surface area contributed by atoms with Crippen molar-refractivity contribution in [3.63, 3.8) is 0 Å². The Bertz CT molecular complexity index is 466. The smallest absolute Gasteiger partial charge is 0.213 e. The van der Waals surface area contributed by atoms with Crippen LogP contribution in [0, 0.1) is 0 Å². The number of ether oxygens (including phenoxy) is 4. The Morgan fingerprint density at radius 3 is 1.55 bits per heavy atom. The van der Waals surface area contributed by atoms with Crippen molar-refractivity contribution in [2.45, 2.75) is 46.3 Å². The summed E-state index contributed by atoms with van der Waals surface area (Å²) in [5.74, 6) is -1.66. The Labute approximate surface area is 151 Å². The fourth-order valence-electron chi connectivity index (χ4n) is 3.52. The molecule has 3 aliphatic rings. The summed E-state index contributed by atoms with van der Waals surface area (Å²) in [5, 5.41) is 0. The SMILES string of the molecule is COC1(OC)[C@@]2(Br)C(Br)=C(Br)[C@]1(Br)[C@@H]1OC(C)(C)O[C@@H]12. The molecule has 0 N–H and O–H groups in total. The standard InChI is InChI=1S/C12H14Br4O4/c1-9(2)19-7-8(20-9)11(16)6(14)5(13)10(7,15)12(11,17-3)18-4/h7-8H,1-4H3/t7-,8+,10+,11-. The van der Waals surface area contributed by atoms with E-state index >= 15 is 0 Å². The third-order valence-corrected chi connectivity index (χ3v) is 10.6. The number of hydrogen-bond acceptors (Lipinski definition) is 4. The van der Waals surface area contributed by atoms with Gasteiger partial charge in [0.15, 0.2) is 5.79 Å². The summed E-state index contributed by atoms with van der Waals surface area (Å²) in [7, 11) is 3.24. The zero-order valence-electron chi connectivity index (χ0n) is 11.3. The van der Waals surface area contributed by atoms with E-state index in [0.717, 1.165) is 8.96 Å². The number of alkyl halides is 2. The highest BCUT2D eigenvalue weighted by atomic mass is 79.9. The molecule has 1 heterocycles. The molecule has 1 saturated heterocycles. The molecule has 0 aromatic rings. The van der Waals surface area contributed by atoms with Crippen molar-refractivity contribution in [1.82, 2.24) is 0 Å². The van der Waals surface area contributed by atoms with Crippen LogP contribution in [0.4, 0.5) is 0 Å². The van der Waals surface area contributed by atoms with Crippen molar-refractivity contribution in [1.29, 1.82) is 0 Å². The van der Waals surface area contributed by atoms with E-state index in [-0.39, 0.29) is 12.2 Å². The van der Waals surface area contributed by atoms with Crippen LogP contribution in [0.25, 0.3) is 0 Å². The molecule has 3 rings (SSSR count). The number of halogens is 4. The molecule has 2 aliphatic carbocycles. The zero-order valence-corrected chi connectivity index (χ0v) is 17.6. The van der Waals surface area contributed by atoms with E-state index in [2.05, 4.69) is 63.7 Å². The minimum atomic E-state index is -0.997. The van der Waals surface area contributed by atoms with Gasteiger partial charge in [0.2, 0.25) is 5.79 Å². The van der Waals surface area contributed by atoms with Crippen molar-refractivity contribution >= 4 is 63.7 Å². The van der Waals surface area contributed by atoms with E-state index in [1.165, 1.54) is 0 Å². The van der Waals surface area contributed by atoms with Gasteiger partial charge < -0.3 is 18.9 Å². The lowest BCUT2D eigenvalue weighted by atomic mass is 10.0. The van der Waals surface area contributed by atoms with E-state index in [9.17, 15) is 0 Å². The fraction of sp³-hybridized carbons (Fsp3) is 0.833. The molecule has 0 unspecified atom stereocenters. The molecule has 4 nitrogen and oxygen atoms in total. The van der Waals surface area contributed by atoms with Gasteiger partial charge in [0.05, 0.1) is 0 Å². The molecule has 1 saturated carbocycles. The van der Waals surface area contributed by atoms with Crippen molar-refractivity contribution in [2.24, 2.45) is 0 Å². The largest absolute Gasteiger partial charge is 0.350 e. The molecule has 114 valence electrons. The maximum absolute atomic E-state index is 6.11. The van der Waals surface area contributed by atoms with Crippen LogP contribution in [0.15, 0.2) is 8.96 Å². The van der Waals surface area contributed by atoms with Gasteiger partial charge in [-0.15, -0.1) is 0 Å². The third kappa shape index (κ3) is 1.46. The first-order chi connectivity index (χ1) is 9.12. The van der Waals surface area contributed by atoms with E-state index in [1.807, 2.05) is 13.8 Å². The summed E-state index contributed by atoms with van der Waals surface area (Å²) in [6.07, 6.45) is -0.514. The predicted octanol–water partition coefficient (Wildman–Crippen LogP) is 3.79. The fourth-order valence-corrected chi connectivity index (χ4v) is 8.25. The molecule has 0 aromatic heterocycles. The van der Waals surface area contributed by atoms with Crippen LogP contribution >= 0.6 is 63.7 Å². The minimum Gasteiger partial charge on any atom is -0.350 e. The lowest BCUT2D eigenvalue weighted by Crippen LogP contribution is -2.59. The van der Waals surface area contributed by atoms with Gasteiger partial charge in [0, 0.05) is 23.2 Å². The summed E-state index contributed by atoms with van der Waals surface area (Å²) in [6.45, 7) is 3.81. The topological polar surface area (TPSA) is 36.9 Å². The molecule has 4 atom stereocenters. The van der Waals surface area contributed by atoms with Crippen molar-refractivity contribution in [3.05, 3.63) is 8.96 Å². The second-order valence-corrected chi connectivity index (χ2v) is 9.64. The number of methoxy groups -OCH3 is 2. The van der Waals surface area contributed by atoms with Crippen LogP contribution in [-0.2, 0) is 18.9 Å². The van der Waals surface area contributed by atoms with Crippen LogP contribution < -0.4 is 0 Å². The first-order valence-corrected chi connectivity index (χ1v) is 9.19. The van der Waals surface area contributed by atoms with E-state index < -0.39 is 20.2 Å². The first-order valence-electron chi connectivity index (χ1n) is 6.02. The second-order valence-electron chi connectivity index (χ2n) is 5.55. The van der Waals surface area contributed by atoms with Gasteiger partial charge in [-0.05, 0) is 13.8 Å². The zero-order chi connectivity index (χ0) is 15.1. The Morgan fingerprint density at radius 2 is 1.25 bits per heavy atom. The molecule has 8 heteroatoms. The van der Waals surface area contributed by atoms with Crippen molar-refractivity contribution < 1.29 is 18.9 Å². The quantitative estimate of drug-likeness (QED) is 0.394. The molecule has 0 aromatic carbocycles. The van der Waals surface area contributed by atoms with E-state index in [4.69, 9.17) is 18.9 Å². The average molecular weight is 542 g/mol. The van der Waals surface area contributed by atoms with Crippen molar-refractivity contribution in [2.75, 3.05) is 14.2 Å². The van der Waals surface area contributed by atoms with Gasteiger partial charge in [-0.1, -0.05) is 63.7 Å². The summed E-state index contributed by atoms with van der Waals surface area (Å²) < 4.78 is 24.2. The monoisotopic (exact) mass is 538 g/mol. The molecule has 0 spiro atoms.